The fourth-order valence-corrected chi connectivity index (χ4v) is 1.10. The fourth-order valence-electron chi connectivity index (χ4n) is 1.10. The number of ether oxygens (including phenoxy) is 1. The topological polar surface area (TPSA) is 26.3 Å². The van der Waals surface area contributed by atoms with E-state index in [2.05, 4.69) is 0 Å². The maximum absolute atomic E-state index is 10.6. The summed E-state index contributed by atoms with van der Waals surface area (Å²) in [7, 11) is 0. The van der Waals surface area contributed by atoms with Crippen molar-refractivity contribution in [2.75, 3.05) is 0 Å². The Morgan fingerprint density at radius 3 is 2.50 bits per heavy atom. The van der Waals surface area contributed by atoms with Crippen LogP contribution in [0.2, 0.25) is 0 Å². The predicted octanol–water partition coefficient (Wildman–Crippen LogP) is 2.78. The quantitative estimate of drug-likeness (QED) is 0.685. The van der Waals surface area contributed by atoms with Gasteiger partial charge in [-0.3, -0.25) is 4.79 Å². The number of carbonyl (C=O) groups is 1. The van der Waals surface area contributed by atoms with E-state index < -0.39 is 0 Å². The van der Waals surface area contributed by atoms with Crippen molar-refractivity contribution in [2.24, 2.45) is 0 Å². The Morgan fingerprint density at radius 2 is 2.00 bits per heavy atom. The molecule has 0 unspecified atom stereocenters. The van der Waals surface area contributed by atoms with Gasteiger partial charge in [-0.05, 0) is 18.1 Å². The van der Waals surface area contributed by atoms with E-state index in [0.29, 0.717) is 6.61 Å². The lowest BCUT2D eigenvalue weighted by molar-refractivity contribution is -0.142. The fraction of sp³-hybridized carbons (Fsp3) is 0.250. The molecule has 0 spiro atoms. The lowest BCUT2D eigenvalue weighted by Gasteiger charge is -2.02. The minimum absolute atomic E-state index is 0.248. The Kier molecular flexibility index (Phi) is 3.92. The molecule has 0 aliphatic carbocycles. The molecule has 0 bridgehead atoms. The third-order valence-corrected chi connectivity index (χ3v) is 1.78. The molecule has 2 nitrogen and oxygen atoms in total. The van der Waals surface area contributed by atoms with Gasteiger partial charge in [0.05, 0.1) is 0 Å². The maximum atomic E-state index is 10.6. The molecule has 0 saturated carbocycles. The van der Waals surface area contributed by atoms with Gasteiger partial charge in [0.25, 0.3) is 0 Å². The van der Waals surface area contributed by atoms with Crippen LogP contribution in [0.25, 0.3) is 6.08 Å². The lowest BCUT2D eigenvalue weighted by atomic mass is 10.1. The van der Waals surface area contributed by atoms with Gasteiger partial charge in [-0.25, -0.2) is 0 Å². The summed E-state index contributed by atoms with van der Waals surface area (Å²) in [4.78, 5) is 10.6. The summed E-state index contributed by atoms with van der Waals surface area (Å²) < 4.78 is 4.87. The van der Waals surface area contributed by atoms with Gasteiger partial charge in [0, 0.05) is 6.92 Å². The van der Waals surface area contributed by atoms with Gasteiger partial charge in [0.15, 0.2) is 0 Å². The first-order valence-electron chi connectivity index (χ1n) is 4.57. The molecule has 0 fully saturated rings. The molecule has 1 rings (SSSR count). The van der Waals surface area contributed by atoms with Crippen molar-refractivity contribution in [3.8, 4) is 0 Å². The standard InChI is InChI=1S/C12H14O2/c1-3-4-11-5-7-12(8-6-11)9-14-10(2)13/h3-8H,9H2,1-2H3/b4-3+. The molecule has 0 N–H and O–H groups in total. The van der Waals surface area contributed by atoms with Crippen LogP contribution in [-0.2, 0) is 16.1 Å². The van der Waals surface area contributed by atoms with Crippen molar-refractivity contribution >= 4 is 12.0 Å². The minimum Gasteiger partial charge on any atom is -0.461 e. The van der Waals surface area contributed by atoms with Gasteiger partial charge in [0.2, 0.25) is 0 Å². The summed E-state index contributed by atoms with van der Waals surface area (Å²) in [5, 5.41) is 0. The summed E-state index contributed by atoms with van der Waals surface area (Å²) in [5.74, 6) is -0.248. The third kappa shape index (κ3) is 3.44. The molecule has 0 aromatic heterocycles. The van der Waals surface area contributed by atoms with Crippen LogP contribution >= 0.6 is 0 Å². The van der Waals surface area contributed by atoms with Gasteiger partial charge < -0.3 is 4.74 Å². The van der Waals surface area contributed by atoms with Crippen LogP contribution in [0.1, 0.15) is 25.0 Å². The second kappa shape index (κ2) is 5.22. The maximum Gasteiger partial charge on any atom is 0.302 e. The molecular weight excluding hydrogens is 176 g/mol. The first kappa shape index (κ1) is 10.5. The van der Waals surface area contributed by atoms with E-state index >= 15 is 0 Å². The van der Waals surface area contributed by atoms with Gasteiger partial charge in [-0.15, -0.1) is 0 Å². The Bertz CT molecular complexity index is 323. The van der Waals surface area contributed by atoms with Gasteiger partial charge in [0.1, 0.15) is 6.61 Å². The Morgan fingerprint density at radius 1 is 1.36 bits per heavy atom. The number of esters is 1. The van der Waals surface area contributed by atoms with E-state index in [0.717, 1.165) is 11.1 Å². The summed E-state index contributed by atoms with van der Waals surface area (Å²) in [5.41, 5.74) is 2.16. The zero-order valence-electron chi connectivity index (χ0n) is 8.49. The zero-order valence-corrected chi connectivity index (χ0v) is 8.49. The number of carbonyl (C=O) groups excluding carboxylic acids is 1. The van der Waals surface area contributed by atoms with Crippen molar-refractivity contribution in [1.29, 1.82) is 0 Å². The molecule has 0 heterocycles. The molecule has 0 atom stereocenters. The largest absolute Gasteiger partial charge is 0.461 e. The first-order chi connectivity index (χ1) is 6.72. The van der Waals surface area contributed by atoms with Crippen molar-refractivity contribution in [1.82, 2.24) is 0 Å². The highest BCUT2D eigenvalue weighted by molar-refractivity contribution is 5.65. The molecule has 0 saturated heterocycles. The van der Waals surface area contributed by atoms with Crippen LogP contribution < -0.4 is 0 Å². The van der Waals surface area contributed by atoms with E-state index in [1.165, 1.54) is 6.92 Å². The number of hydrogen-bond acceptors (Lipinski definition) is 2. The normalized spacial score (nSPS) is 10.4. The highest BCUT2D eigenvalue weighted by atomic mass is 16.5. The molecule has 1 aromatic carbocycles. The van der Waals surface area contributed by atoms with Crippen molar-refractivity contribution < 1.29 is 9.53 Å². The van der Waals surface area contributed by atoms with Crippen LogP contribution in [0.15, 0.2) is 30.3 Å². The predicted molar refractivity (Wildman–Crippen MR) is 56.6 cm³/mol. The molecule has 0 radical (unpaired) electrons. The van der Waals surface area contributed by atoms with E-state index in [9.17, 15) is 4.79 Å². The number of rotatable bonds is 3. The highest BCUT2D eigenvalue weighted by Gasteiger charge is 1.95. The average Bonchev–Trinajstić information content (AvgIpc) is 2.17. The van der Waals surface area contributed by atoms with E-state index in [-0.39, 0.29) is 5.97 Å². The second-order valence-electron chi connectivity index (χ2n) is 3.02. The molecule has 0 amide bonds. The van der Waals surface area contributed by atoms with E-state index in [1.807, 2.05) is 43.3 Å². The lowest BCUT2D eigenvalue weighted by Crippen LogP contribution is -1.98. The monoisotopic (exact) mass is 190 g/mol. The minimum atomic E-state index is -0.248. The van der Waals surface area contributed by atoms with E-state index in [4.69, 9.17) is 4.74 Å². The second-order valence-corrected chi connectivity index (χ2v) is 3.02. The van der Waals surface area contributed by atoms with Gasteiger partial charge >= 0.3 is 5.97 Å². The van der Waals surface area contributed by atoms with Crippen molar-refractivity contribution in [2.45, 2.75) is 20.5 Å². The number of allylic oxidation sites excluding steroid dienone is 1. The summed E-state index contributed by atoms with van der Waals surface area (Å²) in [6, 6.07) is 7.91. The molecule has 0 aliphatic heterocycles. The van der Waals surface area contributed by atoms with Crippen LogP contribution in [0, 0.1) is 0 Å². The Balaban J connectivity index is 2.59. The van der Waals surface area contributed by atoms with Crippen molar-refractivity contribution in [3.63, 3.8) is 0 Å². The van der Waals surface area contributed by atoms with Crippen LogP contribution in [0.3, 0.4) is 0 Å². The van der Waals surface area contributed by atoms with Gasteiger partial charge in [-0.2, -0.15) is 0 Å². The molecule has 1 aromatic rings. The molecule has 14 heavy (non-hydrogen) atoms. The number of hydrogen-bond donors (Lipinski definition) is 0. The average molecular weight is 190 g/mol. The molecule has 74 valence electrons. The summed E-state index contributed by atoms with van der Waals surface area (Å²) >= 11 is 0. The Labute approximate surface area is 84.2 Å². The SMILES string of the molecule is C/C=C/c1ccc(COC(C)=O)cc1. The summed E-state index contributed by atoms with van der Waals surface area (Å²) in [6.07, 6.45) is 4.01. The molecule has 2 heteroatoms. The first-order valence-corrected chi connectivity index (χ1v) is 4.57. The zero-order chi connectivity index (χ0) is 10.4. The highest BCUT2D eigenvalue weighted by Crippen LogP contribution is 2.07. The van der Waals surface area contributed by atoms with Crippen LogP contribution in [0.4, 0.5) is 0 Å². The third-order valence-electron chi connectivity index (χ3n) is 1.78. The summed E-state index contributed by atoms with van der Waals surface area (Å²) in [6.45, 7) is 3.74. The molecule has 0 aliphatic rings. The van der Waals surface area contributed by atoms with Crippen LogP contribution in [0.5, 0.6) is 0 Å². The van der Waals surface area contributed by atoms with Crippen molar-refractivity contribution in [3.05, 3.63) is 41.5 Å². The smallest absolute Gasteiger partial charge is 0.302 e. The Hall–Kier alpha value is -1.57. The van der Waals surface area contributed by atoms with Gasteiger partial charge in [-0.1, -0.05) is 36.4 Å². The molecular formula is C12H14O2. The van der Waals surface area contributed by atoms with E-state index in [1.54, 1.807) is 0 Å². The number of benzene rings is 1. The van der Waals surface area contributed by atoms with Crippen LogP contribution in [-0.4, -0.2) is 5.97 Å².